The lowest BCUT2D eigenvalue weighted by Crippen LogP contribution is -2.51. The second-order valence-electron chi connectivity index (χ2n) is 8.02. The number of ether oxygens (including phenoxy) is 1. The second kappa shape index (κ2) is 12.3. The van der Waals surface area contributed by atoms with E-state index in [0.717, 1.165) is 49.8 Å². The van der Waals surface area contributed by atoms with Gasteiger partial charge in [-0.2, -0.15) is 0 Å². The number of benzene rings is 1. The standard InChI is InChI=1S/C23H39N3OS/c1-5-7-8-12-20(6-2)24-23(28)26(21-14-16-25(3)17-15-21)18-19-11-9-10-13-22(19)27-4/h9-11,13,20-21H,5-8,12,14-18H2,1-4H3,(H,24,28). The van der Waals surface area contributed by atoms with Crippen molar-refractivity contribution in [3.05, 3.63) is 29.8 Å². The molecular formula is C23H39N3OS. The smallest absolute Gasteiger partial charge is 0.169 e. The van der Waals surface area contributed by atoms with Crippen molar-refractivity contribution in [2.24, 2.45) is 0 Å². The molecule has 5 heteroatoms. The molecule has 28 heavy (non-hydrogen) atoms. The highest BCUT2D eigenvalue weighted by Crippen LogP contribution is 2.24. The molecule has 1 saturated heterocycles. The molecule has 2 rings (SSSR count). The minimum absolute atomic E-state index is 0.463. The number of methoxy groups -OCH3 is 1. The number of para-hydroxylation sites is 1. The van der Waals surface area contributed by atoms with E-state index in [4.69, 9.17) is 17.0 Å². The van der Waals surface area contributed by atoms with E-state index in [1.165, 1.54) is 31.2 Å². The van der Waals surface area contributed by atoms with Crippen molar-refractivity contribution in [1.29, 1.82) is 0 Å². The molecule has 0 amide bonds. The number of thiocarbonyl (C=S) groups is 1. The van der Waals surface area contributed by atoms with Crippen LogP contribution in [0.4, 0.5) is 0 Å². The highest BCUT2D eigenvalue weighted by atomic mass is 32.1. The molecule has 0 saturated carbocycles. The molecule has 0 aliphatic carbocycles. The molecule has 1 fully saturated rings. The fourth-order valence-corrected chi connectivity index (χ4v) is 4.35. The monoisotopic (exact) mass is 405 g/mol. The Hall–Kier alpha value is -1.33. The van der Waals surface area contributed by atoms with Crippen LogP contribution in [0.1, 0.15) is 64.4 Å². The van der Waals surface area contributed by atoms with Crippen molar-refractivity contribution >= 4 is 17.3 Å². The first-order valence-electron chi connectivity index (χ1n) is 11.0. The number of rotatable bonds is 10. The fourth-order valence-electron chi connectivity index (χ4n) is 3.97. The Kier molecular flexibility index (Phi) is 10.1. The maximum atomic E-state index is 5.95. The van der Waals surface area contributed by atoms with Crippen molar-refractivity contribution in [3.8, 4) is 5.75 Å². The number of hydrogen-bond donors (Lipinski definition) is 1. The summed E-state index contributed by atoms with van der Waals surface area (Å²) in [6.45, 7) is 7.57. The van der Waals surface area contributed by atoms with E-state index in [2.05, 4.69) is 48.1 Å². The number of nitrogens with one attached hydrogen (secondary N) is 1. The van der Waals surface area contributed by atoms with Gasteiger partial charge in [0.15, 0.2) is 5.11 Å². The topological polar surface area (TPSA) is 27.7 Å². The SMILES string of the molecule is CCCCCC(CC)NC(=S)N(Cc1ccccc1OC)C1CCN(C)CC1. The maximum absolute atomic E-state index is 5.95. The number of nitrogens with zero attached hydrogens (tertiary/aromatic N) is 2. The fraction of sp³-hybridized carbons (Fsp3) is 0.696. The van der Waals surface area contributed by atoms with Crippen LogP contribution in [-0.2, 0) is 6.54 Å². The van der Waals surface area contributed by atoms with Gasteiger partial charge in [-0.3, -0.25) is 0 Å². The minimum atomic E-state index is 0.463. The first-order chi connectivity index (χ1) is 13.6. The number of unbranched alkanes of at least 4 members (excludes halogenated alkanes) is 2. The Morgan fingerprint density at radius 2 is 1.96 bits per heavy atom. The van der Waals surface area contributed by atoms with E-state index in [1.54, 1.807) is 7.11 Å². The Morgan fingerprint density at radius 1 is 1.25 bits per heavy atom. The van der Waals surface area contributed by atoms with Gasteiger partial charge in [0.05, 0.1) is 7.11 Å². The maximum Gasteiger partial charge on any atom is 0.169 e. The first-order valence-corrected chi connectivity index (χ1v) is 11.4. The van der Waals surface area contributed by atoms with Crippen LogP contribution in [0.2, 0.25) is 0 Å². The quantitative estimate of drug-likeness (QED) is 0.445. The lowest BCUT2D eigenvalue weighted by molar-refractivity contribution is 0.169. The molecule has 4 nitrogen and oxygen atoms in total. The van der Waals surface area contributed by atoms with Crippen LogP contribution in [0.5, 0.6) is 5.75 Å². The van der Waals surface area contributed by atoms with Crippen molar-refractivity contribution in [2.45, 2.75) is 77.4 Å². The van der Waals surface area contributed by atoms with E-state index < -0.39 is 0 Å². The summed E-state index contributed by atoms with van der Waals surface area (Å²) in [5.41, 5.74) is 1.20. The van der Waals surface area contributed by atoms with Crippen molar-refractivity contribution in [2.75, 3.05) is 27.2 Å². The summed E-state index contributed by atoms with van der Waals surface area (Å²) in [5, 5.41) is 4.60. The lowest BCUT2D eigenvalue weighted by Gasteiger charge is -2.40. The van der Waals surface area contributed by atoms with Gasteiger partial charge in [0.25, 0.3) is 0 Å². The van der Waals surface area contributed by atoms with Gasteiger partial charge in [0, 0.05) is 24.2 Å². The Morgan fingerprint density at radius 3 is 2.61 bits per heavy atom. The largest absolute Gasteiger partial charge is 0.496 e. The summed E-state index contributed by atoms with van der Waals surface area (Å²) in [6, 6.07) is 9.25. The molecular weight excluding hydrogens is 366 g/mol. The molecule has 1 heterocycles. The molecule has 0 radical (unpaired) electrons. The molecule has 1 N–H and O–H groups in total. The number of piperidine rings is 1. The number of hydrogen-bond acceptors (Lipinski definition) is 3. The molecule has 158 valence electrons. The third kappa shape index (κ3) is 6.93. The Labute approximate surface area is 177 Å². The van der Waals surface area contributed by atoms with Crippen LogP contribution in [0.15, 0.2) is 24.3 Å². The van der Waals surface area contributed by atoms with E-state index in [1.807, 2.05) is 12.1 Å². The zero-order chi connectivity index (χ0) is 20.4. The Bertz CT molecular complexity index is 587. The summed E-state index contributed by atoms with van der Waals surface area (Å²) in [6.07, 6.45) is 8.44. The summed E-state index contributed by atoms with van der Waals surface area (Å²) in [7, 11) is 3.95. The van der Waals surface area contributed by atoms with Gasteiger partial charge in [0.2, 0.25) is 0 Å². The minimum Gasteiger partial charge on any atom is -0.496 e. The number of likely N-dealkylation sites (tertiary alicyclic amines) is 1. The molecule has 1 aromatic rings. The van der Waals surface area contributed by atoms with Gasteiger partial charge in [0.1, 0.15) is 5.75 Å². The van der Waals surface area contributed by atoms with Gasteiger partial charge < -0.3 is 19.9 Å². The average molecular weight is 406 g/mol. The van der Waals surface area contributed by atoms with Gasteiger partial charge in [-0.1, -0.05) is 51.3 Å². The van der Waals surface area contributed by atoms with Crippen LogP contribution < -0.4 is 10.1 Å². The van der Waals surface area contributed by atoms with Crippen LogP contribution in [0.3, 0.4) is 0 Å². The lowest BCUT2D eigenvalue weighted by atomic mass is 10.0. The Balaban J connectivity index is 2.11. The molecule has 0 bridgehead atoms. The predicted molar refractivity (Wildman–Crippen MR) is 123 cm³/mol. The molecule has 1 aliphatic rings. The zero-order valence-corrected chi connectivity index (χ0v) is 19.1. The highest BCUT2D eigenvalue weighted by Gasteiger charge is 2.26. The third-order valence-corrected chi connectivity index (χ3v) is 6.25. The van der Waals surface area contributed by atoms with Crippen LogP contribution in [0, 0.1) is 0 Å². The molecule has 0 aromatic heterocycles. The van der Waals surface area contributed by atoms with E-state index in [9.17, 15) is 0 Å². The molecule has 0 spiro atoms. The highest BCUT2D eigenvalue weighted by molar-refractivity contribution is 7.80. The van der Waals surface area contributed by atoms with Crippen LogP contribution in [0.25, 0.3) is 0 Å². The van der Waals surface area contributed by atoms with E-state index in [0.29, 0.717) is 12.1 Å². The zero-order valence-electron chi connectivity index (χ0n) is 18.2. The summed E-state index contributed by atoms with van der Waals surface area (Å²) >= 11 is 5.95. The summed E-state index contributed by atoms with van der Waals surface area (Å²) in [4.78, 5) is 4.83. The molecule has 1 aromatic carbocycles. The second-order valence-corrected chi connectivity index (χ2v) is 8.41. The van der Waals surface area contributed by atoms with Crippen LogP contribution >= 0.6 is 12.2 Å². The van der Waals surface area contributed by atoms with Crippen LogP contribution in [-0.4, -0.2) is 54.2 Å². The molecule has 1 aliphatic heterocycles. The first kappa shape index (κ1) is 23.0. The average Bonchev–Trinajstić information content (AvgIpc) is 2.72. The predicted octanol–water partition coefficient (Wildman–Crippen LogP) is 4.82. The van der Waals surface area contributed by atoms with Crippen molar-refractivity contribution in [1.82, 2.24) is 15.1 Å². The normalized spacial score (nSPS) is 16.6. The molecule has 1 atom stereocenters. The van der Waals surface area contributed by atoms with Crippen molar-refractivity contribution < 1.29 is 4.74 Å². The van der Waals surface area contributed by atoms with E-state index in [-0.39, 0.29) is 0 Å². The van der Waals surface area contributed by atoms with Gasteiger partial charge >= 0.3 is 0 Å². The van der Waals surface area contributed by atoms with Gasteiger partial charge in [-0.25, -0.2) is 0 Å². The van der Waals surface area contributed by atoms with Gasteiger partial charge in [-0.05, 0) is 64.1 Å². The van der Waals surface area contributed by atoms with Gasteiger partial charge in [-0.15, -0.1) is 0 Å². The summed E-state index contributed by atoms with van der Waals surface area (Å²) < 4.78 is 5.60. The molecule has 1 unspecified atom stereocenters. The van der Waals surface area contributed by atoms with Crippen molar-refractivity contribution in [3.63, 3.8) is 0 Å². The third-order valence-electron chi connectivity index (χ3n) is 5.90. The van der Waals surface area contributed by atoms with E-state index >= 15 is 0 Å². The summed E-state index contributed by atoms with van der Waals surface area (Å²) in [5.74, 6) is 0.943.